The van der Waals surface area contributed by atoms with Crippen molar-refractivity contribution in [2.75, 3.05) is 6.54 Å². The molecule has 0 fully saturated rings. The first-order chi connectivity index (χ1) is 8.43. The molecule has 0 aliphatic carbocycles. The highest BCUT2D eigenvalue weighted by Gasteiger charge is 2.17. The van der Waals surface area contributed by atoms with Gasteiger partial charge in [-0.25, -0.2) is 0 Å². The van der Waals surface area contributed by atoms with Gasteiger partial charge in [0, 0.05) is 12.1 Å². The first kappa shape index (κ1) is 15.5. The number of rotatable bonds is 6. The van der Waals surface area contributed by atoms with E-state index in [0.29, 0.717) is 30.0 Å². The van der Waals surface area contributed by atoms with Crippen LogP contribution in [0, 0.1) is 17.8 Å². The minimum atomic E-state index is 0.343. The second-order valence-electron chi connectivity index (χ2n) is 5.53. The quantitative estimate of drug-likeness (QED) is 0.826. The third-order valence-electron chi connectivity index (χ3n) is 3.48. The Morgan fingerprint density at radius 3 is 2.33 bits per heavy atom. The number of nitrogens with one attached hydrogen (secondary N) is 1. The molecule has 2 N–H and O–H groups in total. The number of hydrogen-bond donors (Lipinski definition) is 2. The second-order valence-corrected chi connectivity index (χ2v) is 6.38. The van der Waals surface area contributed by atoms with E-state index in [1.54, 1.807) is 0 Å². The van der Waals surface area contributed by atoms with Gasteiger partial charge in [0.15, 0.2) is 0 Å². The van der Waals surface area contributed by atoms with Crippen LogP contribution in [0.15, 0.2) is 22.7 Å². The van der Waals surface area contributed by atoms with Crippen molar-refractivity contribution in [3.8, 4) is 5.75 Å². The van der Waals surface area contributed by atoms with Crippen molar-refractivity contribution < 1.29 is 5.11 Å². The smallest absolute Gasteiger partial charge is 0.134 e. The zero-order chi connectivity index (χ0) is 13.7. The lowest BCUT2D eigenvalue weighted by Gasteiger charge is -2.25. The second kappa shape index (κ2) is 7.15. The largest absolute Gasteiger partial charge is 0.506 e. The molecule has 0 aliphatic rings. The molecule has 102 valence electrons. The van der Waals surface area contributed by atoms with E-state index in [1.807, 2.05) is 18.2 Å². The number of aromatic hydroxyl groups is 1. The van der Waals surface area contributed by atoms with Crippen LogP contribution in [0.1, 0.15) is 33.3 Å². The van der Waals surface area contributed by atoms with Gasteiger partial charge < -0.3 is 10.4 Å². The molecule has 1 aromatic carbocycles. The van der Waals surface area contributed by atoms with Crippen molar-refractivity contribution in [1.29, 1.82) is 0 Å². The normalized spacial score (nSPS) is 11.8. The predicted molar refractivity (Wildman–Crippen MR) is 80.7 cm³/mol. The first-order valence-electron chi connectivity index (χ1n) is 6.60. The monoisotopic (exact) mass is 313 g/mol. The van der Waals surface area contributed by atoms with Crippen LogP contribution in [0.2, 0.25) is 0 Å². The van der Waals surface area contributed by atoms with E-state index in [2.05, 4.69) is 48.9 Å². The maximum absolute atomic E-state index is 9.89. The van der Waals surface area contributed by atoms with Crippen LogP contribution in [0.25, 0.3) is 0 Å². The van der Waals surface area contributed by atoms with Crippen LogP contribution >= 0.6 is 15.9 Å². The van der Waals surface area contributed by atoms with Crippen molar-refractivity contribution in [2.24, 2.45) is 17.8 Å². The summed E-state index contributed by atoms with van der Waals surface area (Å²) >= 11 is 3.34. The zero-order valence-corrected chi connectivity index (χ0v) is 13.3. The Bertz CT molecular complexity index is 369. The third kappa shape index (κ3) is 4.29. The highest BCUT2D eigenvalue weighted by atomic mass is 79.9. The summed E-state index contributed by atoms with van der Waals surface area (Å²) in [6, 6.07) is 5.75. The number of para-hydroxylation sites is 1. The lowest BCUT2D eigenvalue weighted by molar-refractivity contribution is 0.275. The van der Waals surface area contributed by atoms with E-state index in [4.69, 9.17) is 0 Å². The van der Waals surface area contributed by atoms with E-state index in [9.17, 15) is 5.11 Å². The Kier molecular flexibility index (Phi) is 6.16. The Morgan fingerprint density at radius 2 is 1.78 bits per heavy atom. The number of benzene rings is 1. The molecule has 0 heterocycles. The molecule has 0 spiro atoms. The zero-order valence-electron chi connectivity index (χ0n) is 11.7. The fourth-order valence-corrected chi connectivity index (χ4v) is 2.72. The standard InChI is InChI=1S/C15H24BrNO/c1-10(2)13(11(3)4)9-17-8-12-6-5-7-14(16)15(12)18/h5-7,10-11,13,17-18H,8-9H2,1-4H3. The fourth-order valence-electron chi connectivity index (χ4n) is 2.32. The molecule has 0 unspecified atom stereocenters. The van der Waals surface area contributed by atoms with Crippen LogP contribution in [-0.2, 0) is 6.54 Å². The molecule has 0 aromatic heterocycles. The number of halogens is 1. The van der Waals surface area contributed by atoms with E-state index in [-0.39, 0.29) is 0 Å². The van der Waals surface area contributed by atoms with E-state index >= 15 is 0 Å². The summed E-state index contributed by atoms with van der Waals surface area (Å²) in [5, 5.41) is 13.3. The molecule has 0 saturated heterocycles. The molecule has 0 saturated carbocycles. The minimum absolute atomic E-state index is 0.343. The topological polar surface area (TPSA) is 32.3 Å². The van der Waals surface area contributed by atoms with Crippen molar-refractivity contribution >= 4 is 15.9 Å². The molecule has 3 heteroatoms. The molecule has 18 heavy (non-hydrogen) atoms. The molecule has 0 radical (unpaired) electrons. The van der Waals surface area contributed by atoms with Gasteiger partial charge >= 0.3 is 0 Å². The molecule has 0 amide bonds. The SMILES string of the molecule is CC(C)C(CNCc1cccc(Br)c1O)C(C)C. The fraction of sp³-hybridized carbons (Fsp3) is 0.600. The number of phenolic OH excluding ortho intramolecular Hbond substituents is 1. The molecule has 2 nitrogen and oxygen atoms in total. The van der Waals surface area contributed by atoms with Gasteiger partial charge in [0.2, 0.25) is 0 Å². The lowest BCUT2D eigenvalue weighted by Crippen LogP contribution is -2.29. The maximum Gasteiger partial charge on any atom is 0.134 e. The number of phenols is 1. The highest BCUT2D eigenvalue weighted by Crippen LogP contribution is 2.27. The molecule has 0 bridgehead atoms. The van der Waals surface area contributed by atoms with Gasteiger partial charge in [-0.2, -0.15) is 0 Å². The van der Waals surface area contributed by atoms with Gasteiger partial charge in [0.25, 0.3) is 0 Å². The van der Waals surface area contributed by atoms with Crippen molar-refractivity contribution in [3.63, 3.8) is 0 Å². The average molecular weight is 314 g/mol. The summed E-state index contributed by atoms with van der Waals surface area (Å²) in [4.78, 5) is 0. The van der Waals surface area contributed by atoms with Crippen molar-refractivity contribution in [3.05, 3.63) is 28.2 Å². The highest BCUT2D eigenvalue weighted by molar-refractivity contribution is 9.10. The number of hydrogen-bond acceptors (Lipinski definition) is 2. The van der Waals surface area contributed by atoms with Crippen LogP contribution in [0.4, 0.5) is 0 Å². The van der Waals surface area contributed by atoms with Crippen molar-refractivity contribution in [2.45, 2.75) is 34.2 Å². The van der Waals surface area contributed by atoms with Gasteiger partial charge in [-0.3, -0.25) is 0 Å². The Balaban J connectivity index is 2.53. The summed E-state index contributed by atoms with van der Waals surface area (Å²) < 4.78 is 0.756. The van der Waals surface area contributed by atoms with Crippen molar-refractivity contribution in [1.82, 2.24) is 5.32 Å². The Hall–Kier alpha value is -0.540. The summed E-state index contributed by atoms with van der Waals surface area (Å²) in [7, 11) is 0. The predicted octanol–water partition coefficient (Wildman–Crippen LogP) is 4.17. The minimum Gasteiger partial charge on any atom is -0.506 e. The summed E-state index contributed by atoms with van der Waals surface area (Å²) in [6.07, 6.45) is 0. The maximum atomic E-state index is 9.89. The van der Waals surface area contributed by atoms with Gasteiger partial charge in [0.05, 0.1) is 4.47 Å². The van der Waals surface area contributed by atoms with Crippen LogP contribution in [0.5, 0.6) is 5.75 Å². The molecule has 1 aromatic rings. The molecule has 0 atom stereocenters. The van der Waals surface area contributed by atoms with E-state index in [1.165, 1.54) is 0 Å². The molecular weight excluding hydrogens is 290 g/mol. The van der Waals surface area contributed by atoms with Crippen LogP contribution in [0.3, 0.4) is 0 Å². The Morgan fingerprint density at radius 1 is 1.17 bits per heavy atom. The van der Waals surface area contributed by atoms with Gasteiger partial charge in [-0.15, -0.1) is 0 Å². The lowest BCUT2D eigenvalue weighted by atomic mass is 9.85. The van der Waals surface area contributed by atoms with Gasteiger partial charge in [-0.1, -0.05) is 39.8 Å². The summed E-state index contributed by atoms with van der Waals surface area (Å²) in [5.74, 6) is 2.36. The summed E-state index contributed by atoms with van der Waals surface area (Å²) in [6.45, 7) is 10.8. The van der Waals surface area contributed by atoms with Gasteiger partial charge in [0.1, 0.15) is 5.75 Å². The first-order valence-corrected chi connectivity index (χ1v) is 7.39. The third-order valence-corrected chi connectivity index (χ3v) is 4.12. The van der Waals surface area contributed by atoms with Crippen LogP contribution < -0.4 is 5.32 Å². The molecular formula is C15H24BrNO. The van der Waals surface area contributed by atoms with Crippen LogP contribution in [-0.4, -0.2) is 11.7 Å². The molecule has 1 rings (SSSR count). The Labute approximate surface area is 119 Å². The van der Waals surface area contributed by atoms with E-state index in [0.717, 1.165) is 16.6 Å². The van der Waals surface area contributed by atoms with E-state index < -0.39 is 0 Å². The molecule has 0 aliphatic heterocycles. The van der Waals surface area contributed by atoms with Gasteiger partial charge in [-0.05, 0) is 46.3 Å². The summed E-state index contributed by atoms with van der Waals surface area (Å²) in [5.41, 5.74) is 0.940. The average Bonchev–Trinajstić information content (AvgIpc) is 2.28.